The Bertz CT molecular complexity index is 1230. The van der Waals surface area contributed by atoms with Crippen molar-refractivity contribution in [1.29, 1.82) is 0 Å². The van der Waals surface area contributed by atoms with Crippen LogP contribution in [-0.2, 0) is 9.59 Å². The second-order valence-electron chi connectivity index (χ2n) is 7.35. The fourth-order valence-corrected chi connectivity index (χ4v) is 4.48. The van der Waals surface area contributed by atoms with Crippen molar-refractivity contribution in [2.75, 3.05) is 10.2 Å². The van der Waals surface area contributed by atoms with Gasteiger partial charge in [-0.05, 0) is 36.8 Å². The molecule has 2 amide bonds. The number of anilines is 2. The highest BCUT2D eigenvalue weighted by Gasteiger charge is 2.40. The van der Waals surface area contributed by atoms with Crippen LogP contribution in [0.2, 0.25) is 0 Å². The number of nitro benzene ring substituents is 1. The lowest BCUT2D eigenvalue weighted by Gasteiger charge is -2.16. The minimum atomic E-state index is -0.674. The highest BCUT2D eigenvalue weighted by Crippen LogP contribution is 2.35. The Morgan fingerprint density at radius 2 is 1.76 bits per heavy atom. The molecular weight excluding hydrogens is 440 g/mol. The van der Waals surface area contributed by atoms with E-state index in [1.54, 1.807) is 13.0 Å². The van der Waals surface area contributed by atoms with Crippen molar-refractivity contribution in [3.8, 4) is 0 Å². The quantitative estimate of drug-likeness (QED) is 0.409. The second-order valence-corrected chi connectivity index (χ2v) is 8.52. The maximum Gasteiger partial charge on any atom is 0.271 e. The van der Waals surface area contributed by atoms with E-state index in [9.17, 15) is 19.7 Å². The van der Waals surface area contributed by atoms with Gasteiger partial charge in [-0.1, -0.05) is 54.2 Å². The standard InChI is InChI=1S/C24H20N4O4S/c1-16-12-13-19(28(31)32)14-20(16)26-22(29)15-21-23(30)27(18-10-6-3-7-11-18)24(33-21)25-17-8-4-2-5-9-17/h2-14,21H,15H2,1H3,(H,26,29). The number of thioether (sulfide) groups is 1. The number of hydrogen-bond donors (Lipinski definition) is 1. The molecule has 1 unspecified atom stereocenters. The molecule has 9 heteroatoms. The predicted octanol–water partition coefficient (Wildman–Crippen LogP) is 5.07. The molecule has 1 fully saturated rings. The average Bonchev–Trinajstić information content (AvgIpc) is 3.10. The van der Waals surface area contributed by atoms with Crippen molar-refractivity contribution in [3.63, 3.8) is 0 Å². The fourth-order valence-electron chi connectivity index (χ4n) is 3.33. The molecule has 0 aromatic heterocycles. The van der Waals surface area contributed by atoms with E-state index in [0.717, 1.165) is 0 Å². The number of benzene rings is 3. The summed E-state index contributed by atoms with van der Waals surface area (Å²) >= 11 is 1.22. The zero-order valence-electron chi connectivity index (χ0n) is 17.7. The van der Waals surface area contributed by atoms with Gasteiger partial charge < -0.3 is 5.32 Å². The molecule has 1 atom stereocenters. The monoisotopic (exact) mass is 460 g/mol. The van der Waals surface area contributed by atoms with E-state index in [0.29, 0.717) is 27.8 Å². The number of non-ortho nitro benzene ring substituents is 1. The van der Waals surface area contributed by atoms with Gasteiger partial charge in [-0.3, -0.25) is 24.6 Å². The van der Waals surface area contributed by atoms with Gasteiger partial charge in [0.2, 0.25) is 11.8 Å². The van der Waals surface area contributed by atoms with Crippen LogP contribution in [0.25, 0.3) is 0 Å². The molecule has 0 saturated carbocycles. The first-order valence-corrected chi connectivity index (χ1v) is 11.0. The summed E-state index contributed by atoms with van der Waals surface area (Å²) in [6.07, 6.45) is -0.0945. The molecule has 3 aromatic rings. The summed E-state index contributed by atoms with van der Waals surface area (Å²) in [6.45, 7) is 1.75. The number of nitrogens with one attached hydrogen (secondary N) is 1. The van der Waals surface area contributed by atoms with Crippen molar-refractivity contribution in [1.82, 2.24) is 0 Å². The van der Waals surface area contributed by atoms with Crippen LogP contribution in [-0.4, -0.2) is 27.2 Å². The Kier molecular flexibility index (Phi) is 6.50. The summed E-state index contributed by atoms with van der Waals surface area (Å²) in [5.41, 5.74) is 2.29. The summed E-state index contributed by atoms with van der Waals surface area (Å²) in [5.74, 6) is -0.648. The third kappa shape index (κ3) is 5.09. The van der Waals surface area contributed by atoms with Crippen LogP contribution in [0.5, 0.6) is 0 Å². The molecule has 0 spiro atoms. The number of rotatable bonds is 6. The molecule has 3 aromatic carbocycles. The lowest BCUT2D eigenvalue weighted by atomic mass is 10.1. The first-order chi connectivity index (χ1) is 15.9. The van der Waals surface area contributed by atoms with Crippen molar-refractivity contribution in [3.05, 3.63) is 94.5 Å². The SMILES string of the molecule is Cc1ccc([N+](=O)[O-])cc1NC(=O)CC1SC(=Nc2ccccc2)N(c2ccccc2)C1=O. The third-order valence-electron chi connectivity index (χ3n) is 5.01. The van der Waals surface area contributed by atoms with Gasteiger partial charge in [0.05, 0.1) is 22.0 Å². The van der Waals surface area contributed by atoms with Crippen molar-refractivity contribution < 1.29 is 14.5 Å². The van der Waals surface area contributed by atoms with Gasteiger partial charge in [-0.2, -0.15) is 0 Å². The summed E-state index contributed by atoms with van der Waals surface area (Å²) < 4.78 is 0. The number of aliphatic imine (C=N–C) groups is 1. The highest BCUT2D eigenvalue weighted by molar-refractivity contribution is 8.16. The van der Waals surface area contributed by atoms with E-state index in [1.165, 1.54) is 28.8 Å². The molecule has 0 bridgehead atoms. The zero-order chi connectivity index (χ0) is 23.4. The molecule has 1 aliphatic rings. The number of para-hydroxylation sites is 2. The van der Waals surface area contributed by atoms with Gasteiger partial charge in [-0.25, -0.2) is 4.99 Å². The van der Waals surface area contributed by atoms with Crippen LogP contribution < -0.4 is 10.2 Å². The summed E-state index contributed by atoms with van der Waals surface area (Å²) in [6, 6.07) is 22.7. The number of carbonyl (C=O) groups is 2. The molecule has 0 aliphatic carbocycles. The van der Waals surface area contributed by atoms with Gasteiger partial charge in [0.25, 0.3) is 5.69 Å². The molecule has 1 saturated heterocycles. The zero-order valence-corrected chi connectivity index (χ0v) is 18.5. The smallest absolute Gasteiger partial charge is 0.271 e. The Morgan fingerprint density at radius 3 is 2.42 bits per heavy atom. The van der Waals surface area contributed by atoms with Gasteiger partial charge in [-0.15, -0.1) is 0 Å². The van der Waals surface area contributed by atoms with Crippen LogP contribution in [0.1, 0.15) is 12.0 Å². The van der Waals surface area contributed by atoms with Crippen molar-refractivity contribution in [2.24, 2.45) is 4.99 Å². The minimum absolute atomic E-state index is 0.0945. The maximum absolute atomic E-state index is 13.3. The molecule has 8 nitrogen and oxygen atoms in total. The van der Waals surface area contributed by atoms with E-state index >= 15 is 0 Å². The number of amides is 2. The van der Waals surface area contributed by atoms with E-state index in [4.69, 9.17) is 0 Å². The third-order valence-corrected chi connectivity index (χ3v) is 6.14. The Balaban J connectivity index is 1.56. The second kappa shape index (κ2) is 9.66. The van der Waals surface area contributed by atoms with Crippen LogP contribution in [0.4, 0.5) is 22.7 Å². The number of aryl methyl sites for hydroxylation is 1. The molecule has 4 rings (SSSR count). The first-order valence-electron chi connectivity index (χ1n) is 10.2. The van der Waals surface area contributed by atoms with Gasteiger partial charge in [0.1, 0.15) is 5.25 Å². The molecule has 1 N–H and O–H groups in total. The van der Waals surface area contributed by atoms with Crippen LogP contribution in [0.3, 0.4) is 0 Å². The Morgan fingerprint density at radius 1 is 1.09 bits per heavy atom. The normalized spacial score (nSPS) is 16.8. The Hall–Kier alpha value is -3.98. The van der Waals surface area contributed by atoms with Crippen molar-refractivity contribution >= 4 is 51.5 Å². The number of amidine groups is 1. The largest absolute Gasteiger partial charge is 0.326 e. The number of hydrogen-bond acceptors (Lipinski definition) is 6. The van der Waals surface area contributed by atoms with Crippen LogP contribution >= 0.6 is 11.8 Å². The summed E-state index contributed by atoms with van der Waals surface area (Å²) in [4.78, 5) is 42.7. The number of nitro groups is 1. The van der Waals surface area contributed by atoms with Gasteiger partial charge in [0, 0.05) is 18.6 Å². The van der Waals surface area contributed by atoms with Gasteiger partial charge >= 0.3 is 0 Å². The lowest BCUT2D eigenvalue weighted by Crippen LogP contribution is -2.33. The molecular formula is C24H20N4O4S. The Labute approximate surface area is 194 Å². The van der Waals surface area contributed by atoms with E-state index in [-0.39, 0.29) is 18.0 Å². The summed E-state index contributed by atoms with van der Waals surface area (Å²) in [7, 11) is 0. The maximum atomic E-state index is 13.3. The molecule has 1 aliphatic heterocycles. The van der Waals surface area contributed by atoms with Crippen LogP contribution in [0, 0.1) is 17.0 Å². The number of carbonyl (C=O) groups excluding carboxylic acids is 2. The lowest BCUT2D eigenvalue weighted by molar-refractivity contribution is -0.384. The molecule has 166 valence electrons. The van der Waals surface area contributed by atoms with Crippen molar-refractivity contribution in [2.45, 2.75) is 18.6 Å². The molecule has 0 radical (unpaired) electrons. The number of nitrogens with zero attached hydrogens (tertiary/aromatic N) is 3. The van der Waals surface area contributed by atoms with E-state index < -0.39 is 16.1 Å². The summed E-state index contributed by atoms with van der Waals surface area (Å²) in [5, 5.41) is 13.6. The fraction of sp³-hybridized carbons (Fsp3) is 0.125. The predicted molar refractivity (Wildman–Crippen MR) is 130 cm³/mol. The average molecular weight is 461 g/mol. The first kappa shape index (κ1) is 22.2. The van der Waals surface area contributed by atoms with Crippen LogP contribution in [0.15, 0.2) is 83.9 Å². The highest BCUT2D eigenvalue weighted by atomic mass is 32.2. The topological polar surface area (TPSA) is 105 Å². The van der Waals surface area contributed by atoms with E-state index in [1.807, 2.05) is 60.7 Å². The molecule has 1 heterocycles. The van der Waals surface area contributed by atoms with E-state index in [2.05, 4.69) is 10.3 Å². The molecule has 33 heavy (non-hydrogen) atoms. The van der Waals surface area contributed by atoms with Gasteiger partial charge in [0.15, 0.2) is 5.17 Å². The minimum Gasteiger partial charge on any atom is -0.326 e.